The second kappa shape index (κ2) is 16.9. The molecule has 6 nitrogen and oxygen atoms in total. The van der Waals surface area contributed by atoms with Gasteiger partial charge in [0.1, 0.15) is 0 Å². The van der Waals surface area contributed by atoms with Crippen molar-refractivity contribution in [1.29, 1.82) is 0 Å². The fourth-order valence-electron chi connectivity index (χ4n) is 9.83. The number of rotatable bonds is 8. The van der Waals surface area contributed by atoms with Gasteiger partial charge < -0.3 is 28.7 Å². The first-order valence-corrected chi connectivity index (χ1v) is 22.3. The maximum Gasteiger partial charge on any atom is 0.0695 e. The molecule has 0 unspecified atom stereocenters. The molecule has 4 heterocycles. The Morgan fingerprint density at radius 1 is 0.485 bits per heavy atom. The Hall–Kier alpha value is -8.18. The van der Waals surface area contributed by atoms with Gasteiger partial charge in [0.25, 0.3) is 0 Å². The van der Waals surface area contributed by atoms with Gasteiger partial charge in [-0.1, -0.05) is 133 Å². The fourth-order valence-corrected chi connectivity index (χ4v) is 9.83. The molecule has 13 rings (SSSR count). The van der Waals surface area contributed by atoms with E-state index in [9.17, 15) is 0 Å². The Morgan fingerprint density at radius 3 is 1.56 bits per heavy atom. The minimum Gasteiger partial charge on any atom is -0.503 e. The average molecular weight is 1060 g/mol. The molecule has 0 bridgehead atoms. The van der Waals surface area contributed by atoms with Crippen LogP contribution in [-0.4, -0.2) is 14.1 Å². The van der Waals surface area contributed by atoms with Gasteiger partial charge in [0, 0.05) is 81.4 Å². The topological polar surface area (TPSA) is 38.5 Å². The van der Waals surface area contributed by atoms with Crippen LogP contribution in [0.2, 0.25) is 0 Å². The molecule has 0 atom stereocenters. The van der Waals surface area contributed by atoms with Crippen LogP contribution >= 0.6 is 0 Å². The van der Waals surface area contributed by atoms with Crippen molar-refractivity contribution in [2.45, 2.75) is 6.85 Å². The molecule has 0 N–H and O–H groups in total. The first kappa shape index (κ1) is 38.0. The summed E-state index contributed by atoms with van der Waals surface area (Å²) in [7, 11) is 0. The number of fused-ring (bicyclic) bond motifs is 7. The van der Waals surface area contributed by atoms with Crippen LogP contribution in [0.4, 0.5) is 22.7 Å². The first-order valence-electron chi connectivity index (χ1n) is 23.8. The molecule has 12 aromatic rings. The molecule has 0 fully saturated rings. The second-order valence-corrected chi connectivity index (χ2v) is 16.6. The van der Waals surface area contributed by atoms with Crippen molar-refractivity contribution < 1.29 is 29.9 Å². The van der Waals surface area contributed by atoms with Crippen LogP contribution in [0.5, 0.6) is 11.5 Å². The zero-order valence-electron chi connectivity index (χ0n) is 39.3. The van der Waals surface area contributed by atoms with Gasteiger partial charge in [-0.2, -0.15) is 6.07 Å². The van der Waals surface area contributed by atoms with Crippen molar-refractivity contribution in [3.63, 3.8) is 0 Å². The van der Waals surface area contributed by atoms with Gasteiger partial charge in [-0.15, -0.1) is 54.3 Å². The van der Waals surface area contributed by atoms with Crippen molar-refractivity contribution in [3.8, 4) is 45.3 Å². The molecule has 1 aliphatic rings. The predicted molar refractivity (Wildman–Crippen MR) is 274 cm³/mol. The third kappa shape index (κ3) is 6.79. The van der Waals surface area contributed by atoms with Gasteiger partial charge in [-0.3, -0.25) is 0 Å². The van der Waals surface area contributed by atoms with Crippen LogP contribution in [0.3, 0.4) is 0 Å². The van der Waals surface area contributed by atoms with Crippen LogP contribution in [0, 0.1) is 25.7 Å². The molecule has 0 aliphatic carbocycles. The zero-order valence-corrected chi connectivity index (χ0v) is 38.6. The number of pyridine rings is 1. The van der Waals surface area contributed by atoms with Crippen LogP contribution in [0.1, 0.15) is 9.68 Å². The van der Waals surface area contributed by atoms with E-state index in [1.165, 1.54) is 21.5 Å². The number of nitrogens with zero attached hydrogens (tertiary/aromatic N) is 5. The monoisotopic (exact) mass is 1060 g/mol. The molecule has 328 valence electrons. The molecular weight excluding hydrogens is 1010 g/mol. The number of anilines is 4. The van der Waals surface area contributed by atoms with Gasteiger partial charge in [-0.05, 0) is 72.2 Å². The smallest absolute Gasteiger partial charge is 0.0695 e. The predicted octanol–water partition coefficient (Wildman–Crippen LogP) is 15.7. The van der Waals surface area contributed by atoms with E-state index < -0.39 is 6.85 Å². The summed E-state index contributed by atoms with van der Waals surface area (Å²) in [4.78, 5) is 9.19. The van der Waals surface area contributed by atoms with Gasteiger partial charge >= 0.3 is 0 Å². The van der Waals surface area contributed by atoms with E-state index in [0.29, 0.717) is 28.3 Å². The number of hydrogen-bond donors (Lipinski definition) is 0. The van der Waals surface area contributed by atoms with Crippen LogP contribution in [0.15, 0.2) is 219 Å². The molecule has 3 aromatic heterocycles. The normalized spacial score (nSPS) is 13.1. The number of hydrogen-bond acceptors (Lipinski definition) is 4. The fraction of sp³-hybridized carbons (Fsp3) is 0.0164. The van der Waals surface area contributed by atoms with E-state index in [1.807, 2.05) is 66.7 Å². The average Bonchev–Trinajstić information content (AvgIpc) is 4.07. The molecule has 0 spiro atoms. The van der Waals surface area contributed by atoms with Crippen molar-refractivity contribution in [2.75, 3.05) is 9.80 Å². The zero-order chi connectivity index (χ0) is 46.9. The molecule has 0 saturated heterocycles. The molecule has 0 radical (unpaired) electrons. The van der Waals surface area contributed by atoms with Gasteiger partial charge in [0.15, 0.2) is 0 Å². The quantitative estimate of drug-likeness (QED) is 0.142. The Kier molecular flexibility index (Phi) is 9.45. The standard InChI is InChI=1S/C61H40N5O.Pt/c1-41-36-52(62-39-51(41)42-18-3-2-4-19-42)43-20-15-22-45(37-43)67-46-23-16-21-44(38-46)63-40-64(58-33-14-13-32-57(58)63)61-59(65-53-28-9-5-24-47(53)48-25-6-10-29-54(48)65)34-17-35-60(61)66-55-30-11-7-26-49(55)50-27-8-12-31-56(50)66;/h2-36,39-40H,1H3;/q-3;/i1D3;. The Bertz CT molecular complexity index is 3760. The number of ether oxygens (including phenoxy) is 1. The number of aryl methyl sites for hydroxylation is 1. The molecular formula is C61H40N5OPt-3. The van der Waals surface area contributed by atoms with E-state index in [1.54, 1.807) is 12.3 Å². The molecule has 9 aromatic carbocycles. The van der Waals surface area contributed by atoms with Crippen LogP contribution in [-0.2, 0) is 21.1 Å². The van der Waals surface area contributed by atoms with Crippen molar-refractivity contribution in [3.05, 3.63) is 243 Å². The summed E-state index contributed by atoms with van der Waals surface area (Å²) in [5.74, 6) is 0.932. The van der Waals surface area contributed by atoms with Gasteiger partial charge in [0.05, 0.1) is 39.1 Å². The summed E-state index contributed by atoms with van der Waals surface area (Å²) in [6.07, 6.45) is 1.63. The molecule has 7 heteroatoms. The van der Waals surface area contributed by atoms with E-state index in [2.05, 4.69) is 177 Å². The minimum absolute atomic E-state index is 0. The third-order valence-electron chi connectivity index (χ3n) is 12.8. The molecule has 0 saturated carbocycles. The van der Waals surface area contributed by atoms with Crippen molar-refractivity contribution in [2.24, 2.45) is 0 Å². The number of aromatic nitrogens is 3. The number of benzene rings is 9. The SMILES string of the molecule is [2H]C([2H])([2H])c1cc(-c2[c-]c(Oc3[c-]c(N4[CH-]N(c5c(-n6c7ccccc7c7ccccc76)cccc5-n5c6ccccc6c6ccccc65)c5ccccc54)ccc3)ccc2)ncc1-c1ccccc1.[Pt]. The summed E-state index contributed by atoms with van der Waals surface area (Å²) in [6, 6.07) is 79.1. The van der Waals surface area contributed by atoms with E-state index in [4.69, 9.17) is 13.8 Å². The first-order chi connectivity index (χ1) is 34.4. The van der Waals surface area contributed by atoms with Crippen LogP contribution in [0.25, 0.3) is 77.4 Å². The molecule has 1 aliphatic heterocycles. The second-order valence-electron chi connectivity index (χ2n) is 16.6. The van der Waals surface area contributed by atoms with E-state index >= 15 is 0 Å². The maximum atomic E-state index is 8.37. The molecule has 0 amide bonds. The summed E-state index contributed by atoms with van der Waals surface area (Å²) in [5, 5.41) is 4.74. The van der Waals surface area contributed by atoms with Crippen molar-refractivity contribution >= 4 is 66.4 Å². The van der Waals surface area contributed by atoms with Crippen molar-refractivity contribution in [1.82, 2.24) is 14.1 Å². The van der Waals surface area contributed by atoms with E-state index in [-0.39, 0.29) is 26.6 Å². The minimum atomic E-state index is -2.35. The maximum absolute atomic E-state index is 8.37. The van der Waals surface area contributed by atoms with Gasteiger partial charge in [0.2, 0.25) is 0 Å². The summed E-state index contributed by atoms with van der Waals surface area (Å²) >= 11 is 0. The largest absolute Gasteiger partial charge is 0.503 e. The Balaban J connectivity index is 0.00000517. The third-order valence-corrected chi connectivity index (χ3v) is 12.8. The summed E-state index contributed by atoms with van der Waals surface area (Å²) in [5.41, 5.74) is 12.9. The number of para-hydroxylation sites is 7. The Labute approximate surface area is 413 Å². The molecule has 68 heavy (non-hydrogen) atoms. The van der Waals surface area contributed by atoms with Gasteiger partial charge in [-0.25, -0.2) is 0 Å². The Morgan fingerprint density at radius 2 is 0.971 bits per heavy atom. The summed E-state index contributed by atoms with van der Waals surface area (Å²) < 4.78 is 36.4. The van der Waals surface area contributed by atoms with Crippen LogP contribution < -0.4 is 14.5 Å². The summed E-state index contributed by atoms with van der Waals surface area (Å²) in [6.45, 7) is -0.197. The van der Waals surface area contributed by atoms with E-state index in [0.717, 1.165) is 61.8 Å².